The second-order valence-corrected chi connectivity index (χ2v) is 3.99. The lowest BCUT2D eigenvalue weighted by atomic mass is 10.0. The zero-order valence-corrected chi connectivity index (χ0v) is 9.47. The van der Waals surface area contributed by atoms with Crippen molar-refractivity contribution < 1.29 is 20.1 Å². The molecule has 0 saturated heterocycles. The van der Waals surface area contributed by atoms with Crippen molar-refractivity contribution in [2.75, 3.05) is 6.61 Å². The molecule has 0 amide bonds. The third-order valence-electron chi connectivity index (χ3n) is 2.71. The first-order valence-corrected chi connectivity index (χ1v) is 5.10. The van der Waals surface area contributed by atoms with E-state index in [1.165, 1.54) is 12.1 Å². The van der Waals surface area contributed by atoms with E-state index in [0.29, 0.717) is 5.75 Å². The number of aliphatic hydroxyl groups is 1. The monoisotopic (exact) mass is 240 g/mol. The minimum Gasteiger partial charge on any atom is -0.507 e. The molecule has 6 N–H and O–H groups in total. The van der Waals surface area contributed by atoms with Crippen molar-refractivity contribution in [1.29, 1.82) is 0 Å². The molecule has 0 aromatic heterocycles. The zero-order chi connectivity index (χ0) is 13.1. The lowest BCUT2D eigenvalue weighted by molar-refractivity contribution is -0.144. The van der Waals surface area contributed by atoms with Crippen LogP contribution in [0.2, 0.25) is 0 Å². The average Bonchev–Trinajstić information content (AvgIpc) is 2.26. The minimum absolute atomic E-state index is 0.0961. The molecule has 1 unspecified atom stereocenters. The number of nitrogens with one attached hydrogen (secondary N) is 1. The fourth-order valence-corrected chi connectivity index (χ4v) is 1.23. The van der Waals surface area contributed by atoms with Gasteiger partial charge in [0.25, 0.3) is 0 Å². The van der Waals surface area contributed by atoms with Crippen LogP contribution in [0.4, 0.5) is 0 Å². The molecule has 0 heterocycles. The predicted octanol–water partition coefficient (Wildman–Crippen LogP) is -0.332. The maximum absolute atomic E-state index is 10.4. The second kappa shape index (κ2) is 5.13. The van der Waals surface area contributed by atoms with E-state index in [2.05, 4.69) is 5.43 Å². The molecule has 6 heteroatoms. The number of hydrazine groups is 1. The van der Waals surface area contributed by atoms with E-state index in [-0.39, 0.29) is 13.0 Å². The highest BCUT2D eigenvalue weighted by Crippen LogP contribution is 2.21. The van der Waals surface area contributed by atoms with Gasteiger partial charge in [-0.3, -0.25) is 10.6 Å². The van der Waals surface area contributed by atoms with E-state index in [1.807, 2.05) is 12.1 Å². The molecule has 0 aromatic carbocycles. The summed E-state index contributed by atoms with van der Waals surface area (Å²) in [4.78, 5) is 10.4. The average molecular weight is 240 g/mol. The van der Waals surface area contributed by atoms with Crippen LogP contribution >= 0.6 is 0 Å². The Hall–Kier alpha value is -1.63. The van der Waals surface area contributed by atoms with Crippen molar-refractivity contribution in [3.63, 3.8) is 0 Å². The lowest BCUT2D eigenvalue weighted by Gasteiger charge is -2.21. The minimum atomic E-state index is -1.21. The molecule has 17 heavy (non-hydrogen) atoms. The van der Waals surface area contributed by atoms with E-state index in [1.54, 1.807) is 6.07 Å². The Kier molecular flexibility index (Phi) is 4.06. The fourth-order valence-electron chi connectivity index (χ4n) is 1.23. The summed E-state index contributed by atoms with van der Waals surface area (Å²) in [6.07, 6.45) is 0.0961. The molecular weight excluding hydrogens is 224 g/mol. The molecule has 94 valence electrons. The summed E-state index contributed by atoms with van der Waals surface area (Å²) in [5.74, 6) is 4.33. The number of carboxylic acids is 1. The zero-order valence-electron chi connectivity index (χ0n) is 9.47. The third kappa shape index (κ3) is 2.73. The van der Waals surface area contributed by atoms with Gasteiger partial charge in [-0.15, -0.1) is 0 Å². The maximum atomic E-state index is 10.4. The molecule has 0 aliphatic heterocycles. The van der Waals surface area contributed by atoms with Crippen LogP contribution in [-0.4, -0.2) is 33.4 Å². The van der Waals surface area contributed by atoms with Crippen LogP contribution in [0.5, 0.6) is 5.75 Å². The standard InChI is InChI=1S/C6H4O.C5H12N2O3/c7-6-3-4-1-2-5(4)6;1-5(7-6,2-3-8)4(9)10/h1-3,7H;7-8H,2-3,6H2,1H3,(H,9,10). The molecule has 6 nitrogen and oxygen atoms in total. The molecule has 2 rings (SSSR count). The third-order valence-corrected chi connectivity index (χ3v) is 2.71. The van der Waals surface area contributed by atoms with Crippen LogP contribution in [-0.2, 0) is 4.79 Å². The predicted molar refractivity (Wildman–Crippen MR) is 60.8 cm³/mol. The first-order chi connectivity index (χ1) is 7.94. The number of phenols is 1. The maximum Gasteiger partial charge on any atom is 0.324 e. The summed E-state index contributed by atoms with van der Waals surface area (Å²) in [5.41, 5.74) is 0.906. The largest absolute Gasteiger partial charge is 0.507 e. The van der Waals surface area contributed by atoms with Crippen molar-refractivity contribution in [1.82, 2.24) is 5.43 Å². The van der Waals surface area contributed by atoms with Crippen LogP contribution in [0.1, 0.15) is 13.3 Å². The van der Waals surface area contributed by atoms with Crippen molar-refractivity contribution in [3.8, 4) is 5.75 Å². The highest BCUT2D eigenvalue weighted by molar-refractivity contribution is 5.78. The molecule has 0 bridgehead atoms. The van der Waals surface area contributed by atoms with Gasteiger partial charge in [0.2, 0.25) is 0 Å². The molecule has 0 saturated carbocycles. The summed E-state index contributed by atoms with van der Waals surface area (Å²) in [6.45, 7) is 1.21. The van der Waals surface area contributed by atoms with Crippen molar-refractivity contribution in [2.45, 2.75) is 18.9 Å². The summed E-state index contributed by atoms with van der Waals surface area (Å²) < 4.78 is 0. The normalized spacial score (nSPS) is 14.3. The van der Waals surface area contributed by atoms with Gasteiger partial charge in [-0.25, -0.2) is 5.43 Å². The van der Waals surface area contributed by atoms with Gasteiger partial charge in [-0.2, -0.15) is 0 Å². The Morgan fingerprint density at radius 1 is 1.53 bits per heavy atom. The van der Waals surface area contributed by atoms with Crippen molar-refractivity contribution in [2.24, 2.45) is 5.84 Å². The summed E-state index contributed by atoms with van der Waals surface area (Å²) in [6, 6.07) is 5.65. The van der Waals surface area contributed by atoms with E-state index in [0.717, 1.165) is 5.22 Å². The number of hydrogen-bond acceptors (Lipinski definition) is 5. The number of hydrogen-bond donors (Lipinski definition) is 5. The van der Waals surface area contributed by atoms with Gasteiger partial charge >= 0.3 is 5.97 Å². The Bertz CT molecular complexity index is 503. The van der Waals surface area contributed by atoms with E-state index >= 15 is 0 Å². The van der Waals surface area contributed by atoms with E-state index in [4.69, 9.17) is 21.2 Å². The molecular formula is C11H16N2O4. The molecule has 2 aliphatic rings. The topological polar surface area (TPSA) is 116 Å². The second-order valence-electron chi connectivity index (χ2n) is 3.99. The molecule has 0 radical (unpaired) electrons. The van der Waals surface area contributed by atoms with Crippen LogP contribution in [0, 0.1) is 10.4 Å². The number of phenolic OH excluding ortho intramolecular Hbond substituents is 1. The number of aliphatic carboxylic acids is 1. The smallest absolute Gasteiger partial charge is 0.324 e. The van der Waals surface area contributed by atoms with Gasteiger partial charge < -0.3 is 15.3 Å². The van der Waals surface area contributed by atoms with Gasteiger partial charge in [0, 0.05) is 18.2 Å². The summed E-state index contributed by atoms with van der Waals surface area (Å²) in [5, 5.41) is 27.8. The lowest BCUT2D eigenvalue weighted by Crippen LogP contribution is -2.53. The number of rotatable bonds is 4. The highest BCUT2D eigenvalue weighted by atomic mass is 16.4. The molecule has 0 aromatic rings. The van der Waals surface area contributed by atoms with Crippen LogP contribution in [0.15, 0.2) is 18.2 Å². The fraction of sp³-hybridized carbons (Fsp3) is 0.364. The van der Waals surface area contributed by atoms with Gasteiger partial charge in [-0.05, 0) is 18.2 Å². The quantitative estimate of drug-likeness (QED) is 0.369. The van der Waals surface area contributed by atoms with Gasteiger partial charge in [0.15, 0.2) is 0 Å². The van der Waals surface area contributed by atoms with E-state index < -0.39 is 11.5 Å². The first kappa shape index (κ1) is 13.4. The Labute approximate surface area is 98.0 Å². The molecule has 0 spiro atoms. The summed E-state index contributed by atoms with van der Waals surface area (Å²) >= 11 is 0. The number of aliphatic hydroxyl groups excluding tert-OH is 1. The van der Waals surface area contributed by atoms with Crippen LogP contribution in [0.3, 0.4) is 0 Å². The number of nitrogens with two attached hydrogens (primary N) is 1. The Morgan fingerprint density at radius 2 is 2.18 bits per heavy atom. The van der Waals surface area contributed by atoms with Crippen molar-refractivity contribution >= 4 is 5.97 Å². The molecule has 0 fully saturated rings. The SMILES string of the molecule is CC(CCO)(NN)C(=O)O.Oc1cc2ccc1=2. The van der Waals surface area contributed by atoms with Crippen molar-refractivity contribution in [3.05, 3.63) is 28.6 Å². The highest BCUT2D eigenvalue weighted by Gasteiger charge is 2.30. The van der Waals surface area contributed by atoms with Gasteiger partial charge in [0.1, 0.15) is 11.3 Å². The van der Waals surface area contributed by atoms with Crippen LogP contribution in [0.25, 0.3) is 0 Å². The Balaban J connectivity index is 0.000000177. The number of benzene rings is 1. The van der Waals surface area contributed by atoms with Crippen LogP contribution < -0.4 is 11.3 Å². The number of aromatic hydroxyl groups is 1. The van der Waals surface area contributed by atoms with Gasteiger partial charge in [0.05, 0.1) is 0 Å². The number of carbonyl (C=O) groups is 1. The van der Waals surface area contributed by atoms with Gasteiger partial charge in [-0.1, -0.05) is 12.1 Å². The summed E-state index contributed by atoms with van der Waals surface area (Å²) in [7, 11) is 0. The van der Waals surface area contributed by atoms with E-state index in [9.17, 15) is 4.79 Å². The Morgan fingerprint density at radius 3 is 2.24 bits per heavy atom. The first-order valence-electron chi connectivity index (χ1n) is 5.10. The molecule has 2 aliphatic carbocycles. The molecule has 1 atom stereocenters. The number of carboxylic acid groups (broad SMARTS) is 1.